The molecule has 0 unspecified atom stereocenters. The van der Waals surface area contributed by atoms with Crippen molar-refractivity contribution in [3.8, 4) is 11.5 Å². The lowest BCUT2D eigenvalue weighted by Crippen LogP contribution is -2.29. The van der Waals surface area contributed by atoms with Gasteiger partial charge in [0.15, 0.2) is 0 Å². The standard InChI is InChI=1S/C22H22N2O4S/c1-13-9-15(10-14(2)21(13)26)11-18-22(27)24(3)20(29-18)12-19(25)23-16-7-5-6-8-17(16)28-4/h5-12,26H,1-4H3,(H,23,25)/b18-11-,20-12-. The highest BCUT2D eigenvalue weighted by atomic mass is 32.1. The molecule has 0 radical (unpaired) electrons. The summed E-state index contributed by atoms with van der Waals surface area (Å²) in [7, 11) is 3.16. The lowest BCUT2D eigenvalue weighted by molar-refractivity contribution is -0.110. The Morgan fingerprint density at radius 3 is 2.52 bits per heavy atom. The van der Waals surface area contributed by atoms with Gasteiger partial charge in [0.25, 0.3) is 11.5 Å². The summed E-state index contributed by atoms with van der Waals surface area (Å²) in [5, 5.41) is 12.7. The summed E-state index contributed by atoms with van der Waals surface area (Å²) in [6.07, 6.45) is 3.16. The van der Waals surface area contributed by atoms with Gasteiger partial charge in [0.1, 0.15) is 16.2 Å². The first kappa shape index (κ1) is 20.4. The summed E-state index contributed by atoms with van der Waals surface area (Å²) in [5.74, 6) is 0.457. The van der Waals surface area contributed by atoms with E-state index >= 15 is 0 Å². The van der Waals surface area contributed by atoms with Gasteiger partial charge in [0.2, 0.25) is 0 Å². The van der Waals surface area contributed by atoms with Crippen LogP contribution in [-0.4, -0.2) is 22.7 Å². The highest BCUT2D eigenvalue weighted by Crippen LogP contribution is 2.23. The van der Waals surface area contributed by atoms with Gasteiger partial charge in [0.05, 0.1) is 17.3 Å². The molecule has 6 nitrogen and oxygen atoms in total. The summed E-state index contributed by atoms with van der Waals surface area (Å²) in [6.45, 7) is 3.63. The van der Waals surface area contributed by atoms with Gasteiger partial charge in [-0.25, -0.2) is 0 Å². The van der Waals surface area contributed by atoms with E-state index in [1.54, 1.807) is 31.3 Å². The number of nitrogens with zero attached hydrogens (tertiary/aromatic N) is 1. The maximum Gasteiger partial charge on any atom is 0.268 e. The van der Waals surface area contributed by atoms with Crippen molar-refractivity contribution >= 4 is 35.1 Å². The minimum Gasteiger partial charge on any atom is -0.507 e. The number of amides is 1. The number of ether oxygens (including phenoxy) is 1. The van der Waals surface area contributed by atoms with Crippen LogP contribution in [0.25, 0.3) is 12.2 Å². The molecule has 0 spiro atoms. The molecule has 3 rings (SSSR count). The molecule has 7 heteroatoms. The van der Waals surface area contributed by atoms with Crippen molar-refractivity contribution in [2.45, 2.75) is 13.8 Å². The number of aryl methyl sites for hydroxylation is 2. The lowest BCUT2D eigenvalue weighted by Gasteiger charge is -2.07. The number of aromatic hydroxyl groups is 1. The molecule has 1 amide bonds. The highest BCUT2D eigenvalue weighted by Gasteiger charge is 2.07. The van der Waals surface area contributed by atoms with E-state index in [4.69, 9.17) is 4.74 Å². The fourth-order valence-corrected chi connectivity index (χ4v) is 3.99. The number of rotatable bonds is 4. The Kier molecular flexibility index (Phi) is 5.89. The molecule has 0 saturated heterocycles. The van der Waals surface area contributed by atoms with Gasteiger partial charge >= 0.3 is 0 Å². The fraction of sp³-hybridized carbons (Fsp3) is 0.182. The first-order valence-electron chi connectivity index (χ1n) is 8.93. The smallest absolute Gasteiger partial charge is 0.268 e. The molecular formula is C22H22N2O4S. The first-order chi connectivity index (χ1) is 13.8. The predicted molar refractivity (Wildman–Crippen MR) is 116 cm³/mol. The van der Waals surface area contributed by atoms with Crippen molar-refractivity contribution in [1.82, 2.24) is 4.57 Å². The molecule has 0 saturated carbocycles. The molecule has 1 aromatic heterocycles. The Bertz CT molecular complexity index is 1230. The van der Waals surface area contributed by atoms with Crippen LogP contribution < -0.4 is 24.8 Å². The van der Waals surface area contributed by atoms with Crippen LogP contribution in [0.15, 0.2) is 41.2 Å². The SMILES string of the molecule is COc1ccccc1NC(=O)/C=c1\s/c(=C\c2cc(C)c(O)c(C)c2)c(=O)n1C. The third-order valence-electron chi connectivity index (χ3n) is 4.49. The maximum atomic E-state index is 12.6. The molecule has 0 fully saturated rings. The van der Waals surface area contributed by atoms with Crippen LogP contribution in [0, 0.1) is 13.8 Å². The zero-order chi connectivity index (χ0) is 21.1. The molecule has 3 aromatic rings. The number of nitrogens with one attached hydrogen (secondary N) is 1. The lowest BCUT2D eigenvalue weighted by atomic mass is 10.1. The van der Waals surface area contributed by atoms with Crippen LogP contribution in [0.3, 0.4) is 0 Å². The molecule has 0 aliphatic carbocycles. The number of methoxy groups -OCH3 is 1. The number of carbonyl (C=O) groups is 1. The minimum absolute atomic E-state index is 0.185. The van der Waals surface area contributed by atoms with Crippen LogP contribution in [0.1, 0.15) is 16.7 Å². The Balaban J connectivity index is 1.98. The van der Waals surface area contributed by atoms with Crippen LogP contribution in [0.5, 0.6) is 11.5 Å². The van der Waals surface area contributed by atoms with E-state index in [0.29, 0.717) is 20.6 Å². The second-order valence-electron chi connectivity index (χ2n) is 6.65. The molecule has 0 aliphatic rings. The number of phenols is 1. The van der Waals surface area contributed by atoms with Crippen molar-refractivity contribution in [2.75, 3.05) is 12.4 Å². The predicted octanol–water partition coefficient (Wildman–Crippen LogP) is 2.03. The van der Waals surface area contributed by atoms with Crippen molar-refractivity contribution in [2.24, 2.45) is 7.05 Å². The number of aromatic nitrogens is 1. The van der Waals surface area contributed by atoms with Gasteiger partial charge in [-0.2, -0.15) is 0 Å². The summed E-state index contributed by atoms with van der Waals surface area (Å²) in [6, 6.07) is 10.8. The third-order valence-corrected chi connectivity index (χ3v) is 5.60. The number of hydrogen-bond donors (Lipinski definition) is 2. The van der Waals surface area contributed by atoms with E-state index in [1.807, 2.05) is 32.0 Å². The van der Waals surface area contributed by atoms with E-state index in [2.05, 4.69) is 5.32 Å². The summed E-state index contributed by atoms with van der Waals surface area (Å²) in [5.41, 5.74) is 2.68. The monoisotopic (exact) mass is 410 g/mol. The van der Waals surface area contributed by atoms with E-state index < -0.39 is 0 Å². The zero-order valence-corrected chi connectivity index (χ0v) is 17.5. The molecule has 29 heavy (non-hydrogen) atoms. The molecule has 0 atom stereocenters. The van der Waals surface area contributed by atoms with Gasteiger partial charge in [0, 0.05) is 13.1 Å². The molecule has 2 N–H and O–H groups in total. The normalized spacial score (nSPS) is 12.3. The van der Waals surface area contributed by atoms with Crippen LogP contribution in [0.2, 0.25) is 0 Å². The van der Waals surface area contributed by atoms with E-state index in [9.17, 15) is 14.7 Å². The van der Waals surface area contributed by atoms with Crippen LogP contribution >= 0.6 is 11.3 Å². The molecule has 2 aromatic carbocycles. The molecular weight excluding hydrogens is 388 g/mol. The van der Waals surface area contributed by atoms with E-state index in [-0.39, 0.29) is 17.2 Å². The Labute approximate surface area is 172 Å². The molecule has 150 valence electrons. The Hall–Kier alpha value is -3.32. The van der Waals surface area contributed by atoms with Crippen molar-refractivity contribution in [3.05, 3.63) is 72.6 Å². The van der Waals surface area contributed by atoms with Gasteiger partial charge in [-0.05, 0) is 60.9 Å². The summed E-state index contributed by atoms with van der Waals surface area (Å²) >= 11 is 1.23. The average Bonchev–Trinajstić information content (AvgIpc) is 2.94. The minimum atomic E-state index is -0.353. The molecule has 1 heterocycles. The van der Waals surface area contributed by atoms with Crippen LogP contribution in [-0.2, 0) is 11.8 Å². The zero-order valence-electron chi connectivity index (χ0n) is 16.6. The Morgan fingerprint density at radius 1 is 1.21 bits per heavy atom. The number of phenolic OH excluding ortho intramolecular Hbond substituents is 1. The second-order valence-corrected chi connectivity index (χ2v) is 7.71. The number of hydrogen-bond acceptors (Lipinski definition) is 5. The number of anilines is 1. The number of carbonyl (C=O) groups excluding carboxylic acids is 1. The topological polar surface area (TPSA) is 80.6 Å². The van der Waals surface area contributed by atoms with E-state index in [0.717, 1.165) is 16.7 Å². The van der Waals surface area contributed by atoms with E-state index in [1.165, 1.54) is 29.1 Å². The Morgan fingerprint density at radius 2 is 1.86 bits per heavy atom. The number of thiazole rings is 1. The first-order valence-corrected chi connectivity index (χ1v) is 9.75. The van der Waals surface area contributed by atoms with Crippen LogP contribution in [0.4, 0.5) is 5.69 Å². The average molecular weight is 410 g/mol. The van der Waals surface area contributed by atoms with Gasteiger partial charge < -0.3 is 19.7 Å². The molecule has 0 aliphatic heterocycles. The van der Waals surface area contributed by atoms with Crippen molar-refractivity contribution in [3.63, 3.8) is 0 Å². The second kappa shape index (κ2) is 8.36. The largest absolute Gasteiger partial charge is 0.507 e. The van der Waals surface area contributed by atoms with Gasteiger partial charge in [-0.15, -0.1) is 11.3 Å². The summed E-state index contributed by atoms with van der Waals surface area (Å²) < 4.78 is 7.71. The summed E-state index contributed by atoms with van der Waals surface area (Å²) in [4.78, 5) is 25.0. The van der Waals surface area contributed by atoms with Gasteiger partial charge in [-0.3, -0.25) is 9.59 Å². The quantitative estimate of drug-likeness (QED) is 0.690. The van der Waals surface area contributed by atoms with Gasteiger partial charge in [-0.1, -0.05) is 12.1 Å². The third kappa shape index (κ3) is 4.41. The fourth-order valence-electron chi connectivity index (χ4n) is 2.96. The highest BCUT2D eigenvalue weighted by molar-refractivity contribution is 7.07. The van der Waals surface area contributed by atoms with Crippen molar-refractivity contribution < 1.29 is 14.6 Å². The molecule has 0 bridgehead atoms. The number of benzene rings is 2. The maximum absolute atomic E-state index is 12.6. The van der Waals surface area contributed by atoms with Crippen molar-refractivity contribution in [1.29, 1.82) is 0 Å². The number of para-hydroxylation sites is 2.